The molecule has 0 saturated carbocycles. The summed E-state index contributed by atoms with van der Waals surface area (Å²) in [5.41, 5.74) is 7.07. The summed E-state index contributed by atoms with van der Waals surface area (Å²) in [4.78, 5) is 14.0. The Bertz CT molecular complexity index is 628. The molecule has 0 fully saturated rings. The maximum Gasteiger partial charge on any atom is 0.259 e. The number of carbonyl (C=O) groups is 1. The van der Waals surface area contributed by atoms with Gasteiger partial charge in [-0.2, -0.15) is 0 Å². The third-order valence-corrected chi connectivity index (χ3v) is 3.33. The van der Waals surface area contributed by atoms with Crippen molar-refractivity contribution < 1.29 is 9.18 Å². The van der Waals surface area contributed by atoms with Crippen molar-refractivity contribution in [3.8, 4) is 0 Å². The maximum atomic E-state index is 13.4. The molecule has 20 heavy (non-hydrogen) atoms. The highest BCUT2D eigenvalue weighted by Gasteiger charge is 2.20. The van der Waals surface area contributed by atoms with E-state index in [1.807, 2.05) is 6.92 Å². The molecule has 2 aromatic carbocycles. The Morgan fingerprint density at radius 3 is 2.50 bits per heavy atom. The molecule has 3 nitrogen and oxygen atoms in total. The summed E-state index contributed by atoms with van der Waals surface area (Å²) in [6, 6.07) is 11.1. The molecule has 104 valence electrons. The highest BCUT2D eigenvalue weighted by atomic mass is 35.5. The van der Waals surface area contributed by atoms with E-state index >= 15 is 0 Å². The molecule has 2 rings (SSSR count). The Balaban J connectivity index is 2.39. The number of carbonyl (C=O) groups excluding carboxylic acids is 1. The van der Waals surface area contributed by atoms with Crippen molar-refractivity contribution in [2.24, 2.45) is 0 Å². The molecular formula is C15H14ClFN2O. The second kappa shape index (κ2) is 5.92. The maximum absolute atomic E-state index is 13.4. The molecule has 0 atom stereocenters. The van der Waals surface area contributed by atoms with Gasteiger partial charge in [-0.05, 0) is 43.3 Å². The largest absolute Gasteiger partial charge is 0.399 e. The van der Waals surface area contributed by atoms with Crippen molar-refractivity contribution in [3.05, 3.63) is 58.9 Å². The van der Waals surface area contributed by atoms with Gasteiger partial charge in [0.1, 0.15) is 5.82 Å². The summed E-state index contributed by atoms with van der Waals surface area (Å²) in [7, 11) is 0. The molecule has 0 spiro atoms. The molecule has 0 saturated heterocycles. The lowest BCUT2D eigenvalue weighted by Gasteiger charge is -2.21. The minimum atomic E-state index is -0.606. The number of nitrogen functional groups attached to an aromatic ring is 1. The van der Waals surface area contributed by atoms with E-state index in [4.69, 9.17) is 17.3 Å². The summed E-state index contributed by atoms with van der Waals surface area (Å²) < 4.78 is 13.4. The molecule has 0 aromatic heterocycles. The normalized spacial score (nSPS) is 10.3. The molecule has 2 aromatic rings. The minimum absolute atomic E-state index is 0.144. The van der Waals surface area contributed by atoms with Crippen LogP contribution in [0.25, 0.3) is 0 Å². The highest BCUT2D eigenvalue weighted by Crippen LogP contribution is 2.24. The van der Waals surface area contributed by atoms with Crippen LogP contribution >= 0.6 is 11.6 Å². The standard InChI is InChI=1S/C15H14ClFN2O/c1-2-19(11-8-6-10(18)7-9-11)15(20)12-4-3-5-13(17)14(12)16/h3-9H,2,18H2,1H3. The first-order valence-corrected chi connectivity index (χ1v) is 6.53. The van der Waals surface area contributed by atoms with Crippen LogP contribution in [0, 0.1) is 5.82 Å². The zero-order chi connectivity index (χ0) is 14.7. The van der Waals surface area contributed by atoms with E-state index in [2.05, 4.69) is 0 Å². The van der Waals surface area contributed by atoms with Gasteiger partial charge in [-0.3, -0.25) is 4.79 Å². The van der Waals surface area contributed by atoms with Gasteiger partial charge in [0.25, 0.3) is 5.91 Å². The fourth-order valence-corrected chi connectivity index (χ4v) is 2.12. The van der Waals surface area contributed by atoms with Crippen molar-refractivity contribution in [2.75, 3.05) is 17.2 Å². The first-order chi connectivity index (χ1) is 9.54. The SMILES string of the molecule is CCN(C(=O)c1cccc(F)c1Cl)c1ccc(N)cc1. The molecule has 1 amide bonds. The van der Waals surface area contributed by atoms with Crippen LogP contribution in [0.4, 0.5) is 15.8 Å². The first-order valence-electron chi connectivity index (χ1n) is 6.16. The van der Waals surface area contributed by atoms with Gasteiger partial charge in [0, 0.05) is 17.9 Å². The van der Waals surface area contributed by atoms with Crippen molar-refractivity contribution in [1.29, 1.82) is 0 Å². The summed E-state index contributed by atoms with van der Waals surface area (Å²) in [6.07, 6.45) is 0. The number of benzene rings is 2. The molecule has 2 N–H and O–H groups in total. The second-order valence-corrected chi connectivity index (χ2v) is 4.62. The van der Waals surface area contributed by atoms with Crippen LogP contribution in [-0.2, 0) is 0 Å². The Kier molecular flexibility index (Phi) is 4.25. The zero-order valence-corrected chi connectivity index (χ0v) is 11.7. The Labute approximate surface area is 121 Å². The molecular weight excluding hydrogens is 279 g/mol. The molecule has 0 heterocycles. The van der Waals surface area contributed by atoms with Crippen LogP contribution in [-0.4, -0.2) is 12.5 Å². The number of hydrogen-bond acceptors (Lipinski definition) is 2. The lowest BCUT2D eigenvalue weighted by Crippen LogP contribution is -2.30. The fraction of sp³-hybridized carbons (Fsp3) is 0.133. The van der Waals surface area contributed by atoms with Gasteiger partial charge in [0.05, 0.1) is 10.6 Å². The summed E-state index contributed by atoms with van der Waals surface area (Å²) in [6.45, 7) is 2.27. The summed E-state index contributed by atoms with van der Waals surface area (Å²) >= 11 is 5.86. The Morgan fingerprint density at radius 2 is 1.90 bits per heavy atom. The molecule has 0 aliphatic heterocycles. The lowest BCUT2D eigenvalue weighted by molar-refractivity contribution is 0.0988. The molecule has 0 aliphatic rings. The number of rotatable bonds is 3. The predicted molar refractivity (Wildman–Crippen MR) is 79.6 cm³/mol. The van der Waals surface area contributed by atoms with E-state index in [0.29, 0.717) is 17.9 Å². The van der Waals surface area contributed by atoms with Gasteiger partial charge < -0.3 is 10.6 Å². The van der Waals surface area contributed by atoms with E-state index in [9.17, 15) is 9.18 Å². The van der Waals surface area contributed by atoms with Crippen LogP contribution < -0.4 is 10.6 Å². The molecule has 5 heteroatoms. The van der Waals surface area contributed by atoms with Gasteiger partial charge >= 0.3 is 0 Å². The summed E-state index contributed by atoms with van der Waals surface area (Å²) in [5.74, 6) is -0.951. The number of nitrogens with two attached hydrogens (primary N) is 1. The third-order valence-electron chi connectivity index (χ3n) is 2.95. The van der Waals surface area contributed by atoms with Crippen molar-refractivity contribution >= 4 is 28.9 Å². The Morgan fingerprint density at radius 1 is 1.25 bits per heavy atom. The van der Waals surface area contributed by atoms with Gasteiger partial charge in [-0.15, -0.1) is 0 Å². The number of anilines is 2. The number of halogens is 2. The van der Waals surface area contributed by atoms with Crippen molar-refractivity contribution in [3.63, 3.8) is 0 Å². The minimum Gasteiger partial charge on any atom is -0.399 e. The molecule has 0 bridgehead atoms. The van der Waals surface area contributed by atoms with Gasteiger partial charge in [-0.1, -0.05) is 17.7 Å². The Hall–Kier alpha value is -2.07. The average Bonchev–Trinajstić information content (AvgIpc) is 2.44. The van der Waals surface area contributed by atoms with Crippen LogP contribution in [0.1, 0.15) is 17.3 Å². The van der Waals surface area contributed by atoms with E-state index in [0.717, 1.165) is 0 Å². The summed E-state index contributed by atoms with van der Waals surface area (Å²) in [5, 5.41) is -0.161. The highest BCUT2D eigenvalue weighted by molar-refractivity contribution is 6.34. The first kappa shape index (κ1) is 14.3. The predicted octanol–water partition coefficient (Wildman–Crippen LogP) is 3.73. The topological polar surface area (TPSA) is 46.3 Å². The molecule has 0 radical (unpaired) electrons. The third kappa shape index (κ3) is 2.75. The molecule has 0 aliphatic carbocycles. The van der Waals surface area contributed by atoms with E-state index in [1.165, 1.54) is 23.1 Å². The van der Waals surface area contributed by atoms with E-state index in [1.54, 1.807) is 24.3 Å². The monoisotopic (exact) mass is 292 g/mol. The van der Waals surface area contributed by atoms with Crippen molar-refractivity contribution in [2.45, 2.75) is 6.92 Å². The number of amides is 1. The number of hydrogen-bond donors (Lipinski definition) is 1. The van der Waals surface area contributed by atoms with Crippen LogP contribution in [0.2, 0.25) is 5.02 Å². The quantitative estimate of drug-likeness (QED) is 0.876. The van der Waals surface area contributed by atoms with E-state index < -0.39 is 5.82 Å². The zero-order valence-electron chi connectivity index (χ0n) is 10.9. The smallest absolute Gasteiger partial charge is 0.259 e. The average molecular weight is 293 g/mol. The van der Waals surface area contributed by atoms with Gasteiger partial charge in [0.2, 0.25) is 0 Å². The number of nitrogens with zero attached hydrogens (tertiary/aromatic N) is 1. The van der Waals surface area contributed by atoms with Crippen LogP contribution in [0.3, 0.4) is 0 Å². The van der Waals surface area contributed by atoms with E-state index in [-0.39, 0.29) is 16.5 Å². The van der Waals surface area contributed by atoms with Crippen LogP contribution in [0.15, 0.2) is 42.5 Å². The second-order valence-electron chi connectivity index (χ2n) is 4.24. The van der Waals surface area contributed by atoms with Crippen LogP contribution in [0.5, 0.6) is 0 Å². The lowest BCUT2D eigenvalue weighted by atomic mass is 10.1. The molecule has 0 unspecified atom stereocenters. The van der Waals surface area contributed by atoms with Gasteiger partial charge in [-0.25, -0.2) is 4.39 Å². The van der Waals surface area contributed by atoms with Gasteiger partial charge in [0.15, 0.2) is 0 Å². The fourth-order valence-electron chi connectivity index (χ4n) is 1.91. The van der Waals surface area contributed by atoms with Crippen molar-refractivity contribution in [1.82, 2.24) is 0 Å².